The van der Waals surface area contributed by atoms with Gasteiger partial charge in [-0.1, -0.05) is 103 Å². The van der Waals surface area contributed by atoms with Crippen LogP contribution in [0.4, 0.5) is 0 Å². The van der Waals surface area contributed by atoms with E-state index in [9.17, 15) is 19.2 Å². The number of hydrogen-bond acceptors (Lipinski definition) is 10. The summed E-state index contributed by atoms with van der Waals surface area (Å²) < 4.78 is 37.9. The Kier molecular flexibility index (Phi) is 16.4. The molecule has 0 saturated heterocycles. The van der Waals surface area contributed by atoms with E-state index in [0.29, 0.717) is 92.8 Å². The van der Waals surface area contributed by atoms with Gasteiger partial charge in [0.1, 0.15) is 23.0 Å². The predicted molar refractivity (Wildman–Crippen MR) is 225 cm³/mol. The Labute approximate surface area is 341 Å². The number of carbonyl (C=O) groups is 4. The molecular weight excluding hydrogens is 737 g/mol. The summed E-state index contributed by atoms with van der Waals surface area (Å²) in [7, 11) is 0. The Morgan fingerprint density at radius 1 is 0.397 bits per heavy atom. The topological polar surface area (TPSA) is 124 Å². The van der Waals surface area contributed by atoms with E-state index < -0.39 is 23.9 Å². The number of fused-ring (bicyclic) bond motifs is 4. The second-order valence-corrected chi connectivity index (χ2v) is 14.8. The minimum atomic E-state index is -0.447. The summed E-state index contributed by atoms with van der Waals surface area (Å²) in [6.07, 6.45) is 10.4. The van der Waals surface area contributed by atoms with Crippen molar-refractivity contribution < 1.29 is 47.6 Å². The molecule has 0 atom stereocenters. The molecule has 1 aliphatic rings. The first-order valence-corrected chi connectivity index (χ1v) is 21.6. The normalized spacial score (nSPS) is 11.4. The van der Waals surface area contributed by atoms with Crippen LogP contribution in [0.2, 0.25) is 0 Å². The molecule has 4 aromatic carbocycles. The summed E-state index contributed by atoms with van der Waals surface area (Å²) in [5.74, 6) is -0.107. The highest BCUT2D eigenvalue weighted by Gasteiger charge is 2.32. The van der Waals surface area contributed by atoms with E-state index in [1.54, 1.807) is 36.4 Å². The van der Waals surface area contributed by atoms with Crippen molar-refractivity contribution in [3.63, 3.8) is 0 Å². The van der Waals surface area contributed by atoms with Gasteiger partial charge in [-0.15, -0.1) is 0 Å². The zero-order chi connectivity index (χ0) is 41.6. The fraction of sp³-hybridized carbons (Fsp3) is 0.500. The molecule has 0 spiro atoms. The van der Waals surface area contributed by atoms with Crippen LogP contribution >= 0.6 is 0 Å². The molecule has 0 saturated carbocycles. The van der Waals surface area contributed by atoms with Gasteiger partial charge in [-0.05, 0) is 51.7 Å². The van der Waals surface area contributed by atoms with E-state index in [2.05, 4.69) is 27.7 Å². The largest absolute Gasteiger partial charge is 0.493 e. The SMILES string of the molecule is CCCCCC(=O)Oc1c2c(c(OC(=O)CCCCC)c3c(OCC)cccc13)=c1c(OC(=O)CCCCC)c3c(OCC)cccc3c(OC(=O)CCCCC)c1=2. The third-order valence-electron chi connectivity index (χ3n) is 10.3. The molecule has 0 fully saturated rings. The molecule has 5 rings (SSSR count). The first-order chi connectivity index (χ1) is 28.2. The maximum atomic E-state index is 13.8. The highest BCUT2D eigenvalue weighted by Crippen LogP contribution is 2.50. The zero-order valence-electron chi connectivity index (χ0n) is 35.3. The molecule has 312 valence electrons. The molecule has 10 nitrogen and oxygen atoms in total. The Balaban J connectivity index is 2.01. The molecule has 0 unspecified atom stereocenters. The van der Waals surface area contributed by atoms with Gasteiger partial charge in [0.25, 0.3) is 0 Å². The fourth-order valence-corrected chi connectivity index (χ4v) is 7.48. The Morgan fingerprint density at radius 2 is 0.690 bits per heavy atom. The van der Waals surface area contributed by atoms with Gasteiger partial charge in [0.15, 0.2) is 11.5 Å². The van der Waals surface area contributed by atoms with Crippen molar-refractivity contribution in [2.75, 3.05) is 13.2 Å². The highest BCUT2D eigenvalue weighted by molar-refractivity contribution is 6.04. The molecule has 0 aromatic heterocycles. The van der Waals surface area contributed by atoms with Crippen LogP contribution in [-0.2, 0) is 19.2 Å². The van der Waals surface area contributed by atoms with Crippen molar-refractivity contribution in [2.45, 2.75) is 144 Å². The van der Waals surface area contributed by atoms with Crippen molar-refractivity contribution in [3.05, 3.63) is 57.3 Å². The van der Waals surface area contributed by atoms with Gasteiger partial charge in [0.05, 0.1) is 24.0 Å². The summed E-state index contributed by atoms with van der Waals surface area (Å²) >= 11 is 0. The average Bonchev–Trinajstić information content (AvgIpc) is 3.19. The van der Waals surface area contributed by atoms with Crippen molar-refractivity contribution in [2.24, 2.45) is 0 Å². The minimum Gasteiger partial charge on any atom is -0.493 e. The molecule has 0 aliphatic heterocycles. The number of benzene rings is 4. The maximum absolute atomic E-state index is 13.8. The van der Waals surface area contributed by atoms with Crippen molar-refractivity contribution in [1.29, 1.82) is 0 Å². The number of rotatable bonds is 24. The van der Waals surface area contributed by atoms with Gasteiger partial charge in [0.2, 0.25) is 0 Å². The van der Waals surface area contributed by atoms with Gasteiger partial charge in [0, 0.05) is 57.3 Å². The summed E-state index contributed by atoms with van der Waals surface area (Å²) in [6.45, 7) is 12.6. The summed E-state index contributed by atoms with van der Waals surface area (Å²) in [5, 5.41) is 3.45. The lowest BCUT2D eigenvalue weighted by molar-refractivity contribution is -0.135. The summed E-state index contributed by atoms with van der Waals surface area (Å²) in [6, 6.07) is 10.8. The molecule has 0 heterocycles. The van der Waals surface area contributed by atoms with Crippen LogP contribution in [0.15, 0.2) is 36.4 Å². The monoisotopic (exact) mass is 796 g/mol. The molecule has 0 radical (unpaired) electrons. The van der Waals surface area contributed by atoms with Gasteiger partial charge >= 0.3 is 23.9 Å². The fourth-order valence-electron chi connectivity index (χ4n) is 7.48. The highest BCUT2D eigenvalue weighted by atomic mass is 16.6. The predicted octanol–water partition coefficient (Wildman–Crippen LogP) is 11.6. The second-order valence-electron chi connectivity index (χ2n) is 14.8. The van der Waals surface area contributed by atoms with Crippen molar-refractivity contribution in [1.82, 2.24) is 0 Å². The van der Waals surface area contributed by atoms with Crippen LogP contribution in [0.3, 0.4) is 0 Å². The van der Waals surface area contributed by atoms with Gasteiger partial charge in [-0.3, -0.25) is 19.2 Å². The smallest absolute Gasteiger partial charge is 0.311 e. The van der Waals surface area contributed by atoms with Crippen LogP contribution in [-0.4, -0.2) is 37.1 Å². The number of hydrogen-bond donors (Lipinski definition) is 0. The third-order valence-corrected chi connectivity index (χ3v) is 10.3. The van der Waals surface area contributed by atoms with Gasteiger partial charge in [-0.25, -0.2) is 0 Å². The first-order valence-electron chi connectivity index (χ1n) is 21.6. The quantitative estimate of drug-likeness (QED) is 0.0338. The van der Waals surface area contributed by atoms with E-state index in [4.69, 9.17) is 28.4 Å². The van der Waals surface area contributed by atoms with E-state index >= 15 is 0 Å². The molecule has 58 heavy (non-hydrogen) atoms. The van der Waals surface area contributed by atoms with E-state index in [1.165, 1.54) is 0 Å². The summed E-state index contributed by atoms with van der Waals surface area (Å²) in [5.41, 5.74) is 0. The standard InChI is InChI=1S/C48H60O10/c1-7-13-17-27-35(49)55-45-31-23-21-25-33(53-11-5)39(31)47(57-37(51)29-19-15-9-3)43-41(45)42-44(43)48(58-38(52)30-20-16-10-4)40-32(24-22-26-34(40)54-12-6)46(42)56-36(50)28-18-14-8-2/h21-26H,7-20,27-30H2,1-6H3. The van der Waals surface area contributed by atoms with Crippen LogP contribution < -0.4 is 28.4 Å². The molecular formula is C48H60O10. The molecule has 0 N–H and O–H groups in total. The Bertz CT molecular complexity index is 2150. The van der Waals surface area contributed by atoms with Crippen LogP contribution in [0.5, 0.6) is 34.5 Å². The van der Waals surface area contributed by atoms with Crippen LogP contribution in [0.1, 0.15) is 144 Å². The minimum absolute atomic E-state index is 0.175. The van der Waals surface area contributed by atoms with E-state index in [1.807, 2.05) is 13.8 Å². The number of esters is 4. The molecule has 1 aliphatic carbocycles. The molecule has 10 heteroatoms. The lowest BCUT2D eigenvalue weighted by Crippen LogP contribution is -2.16. The maximum Gasteiger partial charge on any atom is 0.311 e. The zero-order valence-corrected chi connectivity index (χ0v) is 35.3. The third kappa shape index (κ3) is 9.93. The van der Waals surface area contributed by atoms with Crippen molar-refractivity contribution >= 4 is 45.4 Å². The molecule has 4 aromatic rings. The molecule has 0 amide bonds. The van der Waals surface area contributed by atoms with Crippen molar-refractivity contribution in [3.8, 4) is 34.5 Å². The van der Waals surface area contributed by atoms with Crippen LogP contribution in [0, 0.1) is 20.9 Å². The number of unbranched alkanes of at least 4 members (excludes halogenated alkanes) is 8. The van der Waals surface area contributed by atoms with Gasteiger partial charge < -0.3 is 28.4 Å². The average molecular weight is 797 g/mol. The summed E-state index contributed by atoms with van der Waals surface area (Å²) in [4.78, 5) is 55.0. The van der Waals surface area contributed by atoms with E-state index in [0.717, 1.165) is 51.4 Å². The van der Waals surface area contributed by atoms with Gasteiger partial charge in [-0.2, -0.15) is 0 Å². The second kappa shape index (κ2) is 21.6. The number of carbonyl (C=O) groups excluding carboxylic acids is 4. The lowest BCUT2D eigenvalue weighted by Gasteiger charge is -2.24. The Hall–Kier alpha value is -5.12. The van der Waals surface area contributed by atoms with E-state index in [-0.39, 0.29) is 48.7 Å². The number of ether oxygens (including phenoxy) is 6. The van der Waals surface area contributed by atoms with Crippen LogP contribution in [0.25, 0.3) is 21.5 Å². The first kappa shape index (κ1) is 44.0. The Morgan fingerprint density at radius 3 is 0.983 bits per heavy atom. The lowest BCUT2D eigenvalue weighted by atomic mass is 9.90. The molecule has 0 bridgehead atoms.